The maximum atomic E-state index is 12.1. The van der Waals surface area contributed by atoms with Crippen LogP contribution in [-0.4, -0.2) is 29.4 Å². The Labute approximate surface area is 142 Å². The van der Waals surface area contributed by atoms with E-state index >= 15 is 0 Å². The highest BCUT2D eigenvalue weighted by Gasteiger charge is 2.20. The van der Waals surface area contributed by atoms with Gasteiger partial charge in [0.1, 0.15) is 0 Å². The van der Waals surface area contributed by atoms with Gasteiger partial charge in [0.25, 0.3) is 0 Å². The molecule has 0 aromatic heterocycles. The summed E-state index contributed by atoms with van der Waals surface area (Å²) in [6, 6.07) is 6.00. The van der Waals surface area contributed by atoms with Crippen LogP contribution in [0.5, 0.6) is 0 Å². The van der Waals surface area contributed by atoms with Gasteiger partial charge in [0.05, 0.1) is 5.25 Å². The van der Waals surface area contributed by atoms with Crippen molar-refractivity contribution >= 4 is 29.3 Å². The summed E-state index contributed by atoms with van der Waals surface area (Å²) in [5.41, 5.74) is 3.10. The molecule has 23 heavy (non-hydrogen) atoms. The Balaban J connectivity index is 1.71. The summed E-state index contributed by atoms with van der Waals surface area (Å²) in [5.74, 6) is 1.05. The second-order valence-corrected chi connectivity index (χ2v) is 7.38. The van der Waals surface area contributed by atoms with Crippen LogP contribution in [0.2, 0.25) is 0 Å². The van der Waals surface area contributed by atoms with Crippen LogP contribution in [0.3, 0.4) is 0 Å². The molecule has 1 aromatic carbocycles. The first-order chi connectivity index (χ1) is 11.1. The van der Waals surface area contributed by atoms with Crippen molar-refractivity contribution in [1.82, 2.24) is 5.32 Å². The highest BCUT2D eigenvalue weighted by atomic mass is 32.2. The number of anilines is 1. The van der Waals surface area contributed by atoms with Crippen molar-refractivity contribution in [2.45, 2.75) is 51.2 Å². The van der Waals surface area contributed by atoms with E-state index in [1.807, 2.05) is 32.0 Å². The van der Waals surface area contributed by atoms with Crippen LogP contribution in [0.4, 0.5) is 5.69 Å². The van der Waals surface area contributed by atoms with E-state index in [9.17, 15) is 9.59 Å². The third-order valence-electron chi connectivity index (χ3n) is 4.10. The van der Waals surface area contributed by atoms with E-state index in [2.05, 4.69) is 10.6 Å². The topological polar surface area (TPSA) is 58.2 Å². The average Bonchev–Trinajstić information content (AvgIpc) is 2.72. The first kappa shape index (κ1) is 17.9. The molecule has 1 heterocycles. The minimum Gasteiger partial charge on any atom is -0.355 e. The van der Waals surface area contributed by atoms with Crippen molar-refractivity contribution in [3.8, 4) is 0 Å². The van der Waals surface area contributed by atoms with E-state index in [4.69, 9.17) is 0 Å². The van der Waals surface area contributed by atoms with Crippen LogP contribution in [0.25, 0.3) is 0 Å². The predicted molar refractivity (Wildman–Crippen MR) is 96.9 cm³/mol. The van der Waals surface area contributed by atoms with Crippen LogP contribution in [0, 0.1) is 13.8 Å². The molecule has 0 bridgehead atoms. The summed E-state index contributed by atoms with van der Waals surface area (Å²) in [6.45, 7) is 4.81. The molecule has 1 aliphatic heterocycles. The van der Waals surface area contributed by atoms with E-state index in [0.29, 0.717) is 6.42 Å². The molecular weight excluding hydrogens is 308 g/mol. The Hall–Kier alpha value is -1.49. The normalized spacial score (nSPS) is 18.2. The largest absolute Gasteiger partial charge is 0.355 e. The molecule has 0 spiro atoms. The highest BCUT2D eigenvalue weighted by molar-refractivity contribution is 8.00. The number of nitrogens with one attached hydrogen (secondary N) is 2. The van der Waals surface area contributed by atoms with Gasteiger partial charge in [-0.2, -0.15) is 0 Å². The fourth-order valence-electron chi connectivity index (χ4n) is 2.74. The van der Waals surface area contributed by atoms with Crippen molar-refractivity contribution < 1.29 is 9.59 Å². The number of rotatable bonds is 6. The van der Waals surface area contributed by atoms with Crippen molar-refractivity contribution in [3.05, 3.63) is 29.3 Å². The summed E-state index contributed by atoms with van der Waals surface area (Å²) in [4.78, 5) is 23.9. The smallest absolute Gasteiger partial charge is 0.233 e. The van der Waals surface area contributed by atoms with Crippen LogP contribution in [-0.2, 0) is 9.59 Å². The lowest BCUT2D eigenvalue weighted by Gasteiger charge is -2.13. The first-order valence-electron chi connectivity index (χ1n) is 8.33. The van der Waals surface area contributed by atoms with Crippen LogP contribution in [0.15, 0.2) is 18.2 Å². The molecular formula is C18H26N2O2S. The summed E-state index contributed by atoms with van der Waals surface area (Å²) < 4.78 is 0. The number of hydrogen-bond donors (Lipinski definition) is 2. The molecule has 0 unspecified atom stereocenters. The molecule has 1 saturated heterocycles. The standard InChI is InChI=1S/C18H26N2O2S/c1-13-7-5-8-14(2)17(13)20-16(21)10-6-12-23-15-9-3-4-11-19-18(15)22/h5,7-8,15H,3-4,6,9-12H2,1-2H3,(H,19,22)(H,20,21)/t15-/m0/s1. The Kier molecular flexibility index (Phi) is 6.96. The lowest BCUT2D eigenvalue weighted by Crippen LogP contribution is -2.30. The molecule has 2 amide bonds. The van der Waals surface area contributed by atoms with E-state index in [1.165, 1.54) is 0 Å². The molecule has 4 nitrogen and oxygen atoms in total. The second kappa shape index (κ2) is 8.96. The van der Waals surface area contributed by atoms with Gasteiger partial charge in [-0.1, -0.05) is 24.6 Å². The number of para-hydroxylation sites is 1. The van der Waals surface area contributed by atoms with Crippen molar-refractivity contribution in [2.75, 3.05) is 17.6 Å². The Morgan fingerprint density at radius 3 is 2.78 bits per heavy atom. The molecule has 0 saturated carbocycles. The van der Waals surface area contributed by atoms with Gasteiger partial charge in [-0.3, -0.25) is 9.59 Å². The molecule has 2 N–H and O–H groups in total. The summed E-state index contributed by atoms with van der Waals surface area (Å²) >= 11 is 1.68. The summed E-state index contributed by atoms with van der Waals surface area (Å²) in [5, 5.41) is 6.01. The monoisotopic (exact) mass is 334 g/mol. The fraction of sp³-hybridized carbons (Fsp3) is 0.556. The fourth-order valence-corrected chi connectivity index (χ4v) is 3.91. The van der Waals surface area contributed by atoms with Crippen LogP contribution in [0.1, 0.15) is 43.2 Å². The van der Waals surface area contributed by atoms with Gasteiger partial charge in [-0.25, -0.2) is 0 Å². The lowest BCUT2D eigenvalue weighted by molar-refractivity contribution is -0.120. The molecule has 1 aromatic rings. The van der Waals surface area contributed by atoms with E-state index in [1.54, 1.807) is 11.8 Å². The van der Waals surface area contributed by atoms with Gasteiger partial charge in [0.15, 0.2) is 0 Å². The summed E-state index contributed by atoms with van der Waals surface area (Å²) in [6.07, 6.45) is 4.41. The molecule has 2 rings (SSSR count). The van der Waals surface area contributed by atoms with Gasteiger partial charge in [-0.15, -0.1) is 11.8 Å². The number of carbonyl (C=O) groups is 2. The predicted octanol–water partition coefficient (Wildman–Crippen LogP) is 3.42. The Morgan fingerprint density at radius 1 is 1.30 bits per heavy atom. The van der Waals surface area contributed by atoms with Gasteiger partial charge >= 0.3 is 0 Å². The Morgan fingerprint density at radius 2 is 2.04 bits per heavy atom. The number of benzene rings is 1. The summed E-state index contributed by atoms with van der Waals surface area (Å²) in [7, 11) is 0. The first-order valence-corrected chi connectivity index (χ1v) is 9.38. The van der Waals surface area contributed by atoms with Crippen molar-refractivity contribution in [3.63, 3.8) is 0 Å². The van der Waals surface area contributed by atoms with Gasteiger partial charge in [0.2, 0.25) is 11.8 Å². The molecule has 0 aliphatic carbocycles. The quantitative estimate of drug-likeness (QED) is 0.784. The van der Waals surface area contributed by atoms with E-state index < -0.39 is 0 Å². The van der Waals surface area contributed by atoms with Crippen LogP contribution < -0.4 is 10.6 Å². The number of hydrogen-bond acceptors (Lipinski definition) is 3. The van der Waals surface area contributed by atoms with Crippen molar-refractivity contribution in [1.29, 1.82) is 0 Å². The zero-order valence-electron chi connectivity index (χ0n) is 14.0. The highest BCUT2D eigenvalue weighted by Crippen LogP contribution is 2.22. The maximum Gasteiger partial charge on any atom is 0.233 e. The zero-order chi connectivity index (χ0) is 16.7. The van der Waals surface area contributed by atoms with Crippen LogP contribution >= 0.6 is 11.8 Å². The number of carbonyl (C=O) groups excluding carboxylic acids is 2. The molecule has 1 aliphatic rings. The van der Waals surface area contributed by atoms with Crippen molar-refractivity contribution in [2.24, 2.45) is 0 Å². The molecule has 1 fully saturated rings. The van der Waals surface area contributed by atoms with Gasteiger partial charge < -0.3 is 10.6 Å². The lowest BCUT2D eigenvalue weighted by atomic mass is 10.1. The average molecular weight is 334 g/mol. The maximum absolute atomic E-state index is 12.1. The number of amides is 2. The van der Waals surface area contributed by atoms with E-state index in [0.717, 1.165) is 54.8 Å². The number of thioether (sulfide) groups is 1. The second-order valence-electron chi connectivity index (χ2n) is 6.06. The third-order valence-corrected chi connectivity index (χ3v) is 5.47. The van der Waals surface area contributed by atoms with Gasteiger partial charge in [0, 0.05) is 18.7 Å². The zero-order valence-corrected chi connectivity index (χ0v) is 14.8. The minimum absolute atomic E-state index is 0.0494. The van der Waals surface area contributed by atoms with E-state index in [-0.39, 0.29) is 17.1 Å². The third kappa shape index (κ3) is 5.57. The Bertz CT molecular complexity index is 540. The van der Waals surface area contributed by atoms with Gasteiger partial charge in [-0.05, 0) is 50.0 Å². The number of aryl methyl sites for hydroxylation is 2. The molecule has 0 radical (unpaired) electrons. The molecule has 126 valence electrons. The molecule has 5 heteroatoms. The minimum atomic E-state index is 0.0494. The molecule has 1 atom stereocenters. The SMILES string of the molecule is Cc1cccc(C)c1NC(=O)CCCS[C@H]1CCCCNC1=O.